The van der Waals surface area contributed by atoms with Crippen LogP contribution in [0.15, 0.2) is 0 Å². The molecule has 0 heterocycles. The summed E-state index contributed by atoms with van der Waals surface area (Å²) >= 11 is 0. The highest BCUT2D eigenvalue weighted by Crippen LogP contribution is 1.95. The van der Waals surface area contributed by atoms with E-state index in [1.54, 1.807) is 0 Å². The molecule has 0 bridgehead atoms. The van der Waals surface area contributed by atoms with Crippen LogP contribution in [-0.2, 0) is 14.3 Å². The lowest BCUT2D eigenvalue weighted by Gasteiger charge is -2.04. The van der Waals surface area contributed by atoms with E-state index in [1.807, 2.05) is 0 Å². The third kappa shape index (κ3) is 2.27. The largest absolute Gasteiger partial charge is 0.374 e. The molecule has 0 aliphatic carbocycles. The summed E-state index contributed by atoms with van der Waals surface area (Å²) in [5.74, 6) is 0. The highest BCUT2D eigenvalue weighted by Gasteiger charge is 2.19. The van der Waals surface area contributed by atoms with Gasteiger partial charge < -0.3 is 10.8 Å². The second kappa shape index (κ2) is 3.11. The molecule has 0 spiro atoms. The third-order valence-corrected chi connectivity index (χ3v) is 2.09. The summed E-state index contributed by atoms with van der Waals surface area (Å²) < 4.78 is 24.7. The van der Waals surface area contributed by atoms with Crippen LogP contribution in [0.2, 0.25) is 0 Å². The quantitative estimate of drug-likeness (QED) is 0.471. The molecule has 6 heteroatoms. The fourth-order valence-corrected chi connectivity index (χ4v) is 0.687. The zero-order chi connectivity index (χ0) is 7.49. The predicted octanol–water partition coefficient (Wildman–Crippen LogP) is -1.76. The van der Waals surface area contributed by atoms with E-state index in [0.717, 1.165) is 7.11 Å². The first-order valence-electron chi connectivity index (χ1n) is 2.22. The highest BCUT2D eigenvalue weighted by molar-refractivity contribution is 7.87. The maximum atomic E-state index is 10.4. The minimum absolute atomic E-state index is 0.351. The maximum Gasteiger partial charge on any atom is 0.295 e. The van der Waals surface area contributed by atoms with Crippen molar-refractivity contribution in [2.24, 2.45) is 5.73 Å². The van der Waals surface area contributed by atoms with Gasteiger partial charge >= 0.3 is 0 Å². The van der Waals surface area contributed by atoms with Crippen molar-refractivity contribution in [2.45, 2.75) is 5.44 Å². The summed E-state index contributed by atoms with van der Waals surface area (Å²) in [5, 5.41) is 8.55. The molecular formula is C3H9NO4S. The van der Waals surface area contributed by atoms with Crippen molar-refractivity contribution in [3.8, 4) is 0 Å². The van der Waals surface area contributed by atoms with Gasteiger partial charge in [0, 0.05) is 6.54 Å². The summed E-state index contributed by atoms with van der Waals surface area (Å²) in [7, 11) is -2.85. The first-order chi connectivity index (χ1) is 4.04. The van der Waals surface area contributed by atoms with Gasteiger partial charge in [0.1, 0.15) is 0 Å². The molecule has 0 amide bonds. The molecule has 1 unspecified atom stereocenters. The molecule has 0 aromatic carbocycles. The van der Waals surface area contributed by atoms with Crippen LogP contribution in [0.25, 0.3) is 0 Å². The van der Waals surface area contributed by atoms with Crippen LogP contribution in [0.3, 0.4) is 0 Å². The van der Waals surface area contributed by atoms with Crippen LogP contribution in [0.4, 0.5) is 0 Å². The lowest BCUT2D eigenvalue weighted by molar-refractivity contribution is 0.231. The van der Waals surface area contributed by atoms with E-state index >= 15 is 0 Å². The number of nitrogens with two attached hydrogens (primary N) is 1. The molecule has 0 fully saturated rings. The Hall–Kier alpha value is -0.170. The fraction of sp³-hybridized carbons (Fsp3) is 1.00. The van der Waals surface area contributed by atoms with Crippen molar-refractivity contribution in [1.29, 1.82) is 0 Å². The number of rotatable bonds is 3. The molecule has 0 rings (SSSR count). The minimum atomic E-state index is -3.82. The SMILES string of the molecule is COS(=O)(=O)C(O)CN. The van der Waals surface area contributed by atoms with Crippen molar-refractivity contribution in [1.82, 2.24) is 0 Å². The summed E-state index contributed by atoms with van der Waals surface area (Å²) in [6, 6.07) is 0. The van der Waals surface area contributed by atoms with Crippen LogP contribution >= 0.6 is 0 Å². The van der Waals surface area contributed by atoms with Gasteiger partial charge in [0.15, 0.2) is 5.44 Å². The topological polar surface area (TPSA) is 89.6 Å². The fourth-order valence-electron chi connectivity index (χ4n) is 0.229. The average Bonchev–Trinajstić information content (AvgIpc) is 1.86. The van der Waals surface area contributed by atoms with Crippen molar-refractivity contribution in [3.05, 3.63) is 0 Å². The van der Waals surface area contributed by atoms with E-state index in [4.69, 9.17) is 10.8 Å². The zero-order valence-electron chi connectivity index (χ0n) is 4.94. The van der Waals surface area contributed by atoms with Gasteiger partial charge in [-0.2, -0.15) is 8.42 Å². The molecule has 0 saturated carbocycles. The van der Waals surface area contributed by atoms with Gasteiger partial charge in [0.05, 0.1) is 7.11 Å². The van der Waals surface area contributed by atoms with Gasteiger partial charge in [-0.1, -0.05) is 0 Å². The molecule has 9 heavy (non-hydrogen) atoms. The summed E-state index contributed by atoms with van der Waals surface area (Å²) in [6.07, 6.45) is 0. The van der Waals surface area contributed by atoms with Crippen molar-refractivity contribution >= 4 is 10.1 Å². The van der Waals surface area contributed by atoms with E-state index in [0.29, 0.717) is 0 Å². The molecule has 0 aliphatic rings. The van der Waals surface area contributed by atoms with E-state index in [-0.39, 0.29) is 6.54 Å². The van der Waals surface area contributed by atoms with Crippen molar-refractivity contribution in [2.75, 3.05) is 13.7 Å². The monoisotopic (exact) mass is 155 g/mol. The Balaban J connectivity index is 4.17. The Morgan fingerprint density at radius 2 is 2.22 bits per heavy atom. The molecule has 0 aliphatic heterocycles. The normalized spacial score (nSPS) is 15.4. The van der Waals surface area contributed by atoms with Crippen LogP contribution in [0.5, 0.6) is 0 Å². The predicted molar refractivity (Wildman–Crippen MR) is 31.0 cm³/mol. The van der Waals surface area contributed by atoms with E-state index in [1.165, 1.54) is 0 Å². The lowest BCUT2D eigenvalue weighted by Crippen LogP contribution is -2.29. The Kier molecular flexibility index (Phi) is 3.06. The standard InChI is InChI=1S/C3H9NO4S/c1-8-9(6,7)3(5)2-4/h3,5H,2,4H2,1H3. The molecule has 56 valence electrons. The van der Waals surface area contributed by atoms with E-state index < -0.39 is 15.6 Å². The number of hydrogen-bond donors (Lipinski definition) is 2. The molecule has 0 saturated heterocycles. The van der Waals surface area contributed by atoms with Crippen LogP contribution in [0.1, 0.15) is 0 Å². The molecule has 0 radical (unpaired) electrons. The summed E-state index contributed by atoms with van der Waals surface area (Å²) in [4.78, 5) is 0. The summed E-state index contributed by atoms with van der Waals surface area (Å²) in [6.45, 7) is -0.351. The molecule has 3 N–H and O–H groups in total. The number of aliphatic hydroxyl groups is 1. The van der Waals surface area contributed by atoms with Crippen LogP contribution in [0, 0.1) is 0 Å². The minimum Gasteiger partial charge on any atom is -0.374 e. The van der Waals surface area contributed by atoms with Crippen LogP contribution in [-0.4, -0.2) is 32.6 Å². The molecule has 1 atom stereocenters. The maximum absolute atomic E-state index is 10.4. The third-order valence-electron chi connectivity index (χ3n) is 0.767. The molecule has 0 aromatic heterocycles. The van der Waals surface area contributed by atoms with E-state index in [2.05, 4.69) is 4.18 Å². The first-order valence-corrected chi connectivity index (χ1v) is 3.69. The Morgan fingerprint density at radius 1 is 1.78 bits per heavy atom. The van der Waals surface area contributed by atoms with Crippen molar-refractivity contribution in [3.63, 3.8) is 0 Å². The van der Waals surface area contributed by atoms with Gasteiger partial charge in [0.25, 0.3) is 10.1 Å². The first kappa shape index (κ1) is 8.83. The summed E-state index contributed by atoms with van der Waals surface area (Å²) in [5.41, 5.74) is 3.22. The zero-order valence-corrected chi connectivity index (χ0v) is 5.76. The Bertz CT molecular complexity index is 163. The smallest absolute Gasteiger partial charge is 0.295 e. The van der Waals surface area contributed by atoms with Gasteiger partial charge in [-0.25, -0.2) is 0 Å². The molecule has 0 aromatic rings. The number of aliphatic hydroxyl groups excluding tert-OH is 1. The van der Waals surface area contributed by atoms with Crippen molar-refractivity contribution < 1.29 is 17.7 Å². The van der Waals surface area contributed by atoms with Gasteiger partial charge in [-0.15, -0.1) is 0 Å². The Morgan fingerprint density at radius 3 is 2.33 bits per heavy atom. The van der Waals surface area contributed by atoms with Gasteiger partial charge in [-0.3, -0.25) is 4.18 Å². The van der Waals surface area contributed by atoms with Gasteiger partial charge in [0.2, 0.25) is 0 Å². The second-order valence-electron chi connectivity index (χ2n) is 1.35. The average molecular weight is 155 g/mol. The van der Waals surface area contributed by atoms with Gasteiger partial charge in [-0.05, 0) is 0 Å². The van der Waals surface area contributed by atoms with Crippen LogP contribution < -0.4 is 5.73 Å². The Labute approximate surface area is 53.6 Å². The highest BCUT2D eigenvalue weighted by atomic mass is 32.2. The second-order valence-corrected chi connectivity index (χ2v) is 3.21. The van der Waals surface area contributed by atoms with E-state index in [9.17, 15) is 8.42 Å². The number of hydrogen-bond acceptors (Lipinski definition) is 5. The molecular weight excluding hydrogens is 146 g/mol. The lowest BCUT2D eigenvalue weighted by atomic mass is 10.7. The molecule has 5 nitrogen and oxygen atoms in total.